The molecule has 0 bridgehead atoms. The van der Waals surface area contributed by atoms with Crippen LogP contribution in [0.5, 0.6) is 0 Å². The molecule has 2 rings (SSSR count). The summed E-state index contributed by atoms with van der Waals surface area (Å²) in [6.07, 6.45) is 1.57. The number of unbranched alkanes of at least 4 members (excludes halogenated alkanes) is 2. The molecule has 0 fully saturated rings. The van der Waals surface area contributed by atoms with Gasteiger partial charge in [0.1, 0.15) is 11.2 Å². The summed E-state index contributed by atoms with van der Waals surface area (Å²) in [6, 6.07) is 13.5. The van der Waals surface area contributed by atoms with Crippen LogP contribution < -0.4 is 0 Å². The van der Waals surface area contributed by atoms with E-state index in [1.165, 1.54) is 24.3 Å². The molecule has 0 radical (unpaired) electrons. The lowest BCUT2D eigenvalue weighted by Crippen LogP contribution is -2.48. The molecule has 0 heterocycles. The molecule has 0 aliphatic carbocycles. The summed E-state index contributed by atoms with van der Waals surface area (Å²) in [4.78, 5) is 36.6. The fourth-order valence-corrected chi connectivity index (χ4v) is 3.93. The normalized spacial score (nSPS) is 13.7. The van der Waals surface area contributed by atoms with E-state index < -0.39 is 35.1 Å². The van der Waals surface area contributed by atoms with Crippen LogP contribution in [0.2, 0.25) is 0 Å². The molecule has 6 nitrogen and oxygen atoms in total. The summed E-state index contributed by atoms with van der Waals surface area (Å²) in [7, 11) is 0. The average molecular weight is 430 g/mol. The molecule has 0 aliphatic heterocycles. The Morgan fingerprint density at radius 2 is 1.55 bits per heavy atom. The molecule has 2 aromatic rings. The monoisotopic (exact) mass is 430 g/mol. The van der Waals surface area contributed by atoms with E-state index in [0.717, 1.165) is 0 Å². The smallest absolute Gasteiger partial charge is 0.319 e. The predicted octanol–water partition coefficient (Wildman–Crippen LogP) is 4.41. The summed E-state index contributed by atoms with van der Waals surface area (Å²) in [5.41, 5.74) is -1.12. The molecule has 2 aromatic carbocycles. The van der Waals surface area contributed by atoms with E-state index in [1.807, 2.05) is 0 Å². The van der Waals surface area contributed by atoms with Crippen molar-refractivity contribution in [1.82, 2.24) is 0 Å². The first-order valence-electron chi connectivity index (χ1n) is 10.3. The number of rotatable bonds is 12. The van der Waals surface area contributed by atoms with E-state index in [0.29, 0.717) is 24.8 Å². The van der Waals surface area contributed by atoms with Crippen LogP contribution >= 0.6 is 0 Å². The van der Waals surface area contributed by atoms with Gasteiger partial charge in [0, 0.05) is 6.42 Å². The molecule has 0 spiro atoms. The predicted molar refractivity (Wildman–Crippen MR) is 112 cm³/mol. The Kier molecular flexibility index (Phi) is 8.73. The lowest BCUT2D eigenvalue weighted by Gasteiger charge is -2.37. The highest BCUT2D eigenvalue weighted by molar-refractivity contribution is 5.93. The number of carbonyl (C=O) groups is 3. The Hall–Kier alpha value is -3.22. The Morgan fingerprint density at radius 3 is 2.10 bits per heavy atom. The summed E-state index contributed by atoms with van der Waals surface area (Å²) in [5.74, 6) is -4.40. The summed E-state index contributed by atoms with van der Waals surface area (Å²) < 4.78 is 18.9. The van der Waals surface area contributed by atoms with Crippen molar-refractivity contribution in [3.05, 3.63) is 71.5 Å². The first-order chi connectivity index (χ1) is 14.8. The van der Waals surface area contributed by atoms with Gasteiger partial charge in [-0.2, -0.15) is 0 Å². The molecule has 2 atom stereocenters. The molecule has 2 unspecified atom stereocenters. The largest absolute Gasteiger partial charge is 0.481 e. The van der Waals surface area contributed by atoms with Gasteiger partial charge >= 0.3 is 17.9 Å². The quantitative estimate of drug-likeness (QED) is 0.382. The highest BCUT2D eigenvalue weighted by atomic mass is 19.1. The van der Waals surface area contributed by atoms with Crippen molar-refractivity contribution < 1.29 is 33.7 Å². The molecule has 166 valence electrons. The number of aliphatic carboxylic acids is 2. The fraction of sp³-hybridized carbons (Fsp3) is 0.375. The molecule has 7 heteroatoms. The van der Waals surface area contributed by atoms with Gasteiger partial charge in [-0.25, -0.2) is 4.39 Å². The van der Waals surface area contributed by atoms with Crippen LogP contribution in [0, 0.1) is 11.7 Å². The van der Waals surface area contributed by atoms with Crippen LogP contribution in [0.25, 0.3) is 0 Å². The minimum atomic E-state index is -1.78. The molecular weight excluding hydrogens is 403 g/mol. The Morgan fingerprint density at radius 1 is 0.935 bits per heavy atom. The maximum atomic E-state index is 13.6. The molecule has 2 N–H and O–H groups in total. The maximum absolute atomic E-state index is 13.6. The highest BCUT2D eigenvalue weighted by Gasteiger charge is 2.52. The molecule has 31 heavy (non-hydrogen) atoms. The van der Waals surface area contributed by atoms with Crippen molar-refractivity contribution in [2.45, 2.75) is 44.4 Å². The number of halogens is 1. The van der Waals surface area contributed by atoms with Crippen LogP contribution in [-0.2, 0) is 24.5 Å². The van der Waals surface area contributed by atoms with Gasteiger partial charge in [-0.05, 0) is 43.0 Å². The molecule has 0 saturated heterocycles. The second kappa shape index (κ2) is 11.2. The van der Waals surface area contributed by atoms with Crippen molar-refractivity contribution in [1.29, 1.82) is 0 Å². The third kappa shape index (κ3) is 5.69. The van der Waals surface area contributed by atoms with Crippen molar-refractivity contribution in [3.8, 4) is 0 Å². The van der Waals surface area contributed by atoms with Gasteiger partial charge in [-0.3, -0.25) is 14.4 Å². The van der Waals surface area contributed by atoms with Crippen molar-refractivity contribution in [2.24, 2.45) is 5.92 Å². The fourth-order valence-electron chi connectivity index (χ4n) is 3.93. The topological polar surface area (TPSA) is 101 Å². The standard InChI is InChI=1S/C24H27FO6/c1-2-31-22(28)20(11-7-4-8-12-21(26)27)24(23(29)30,17-9-5-3-6-10-17)18-13-15-19(25)16-14-18/h3,5-6,9-10,13-16,20H,2,4,7-8,11-12H2,1H3,(H,26,27)(H,29,30). The Labute approximate surface area is 180 Å². The lowest BCUT2D eigenvalue weighted by atomic mass is 9.64. The minimum Gasteiger partial charge on any atom is -0.481 e. The van der Waals surface area contributed by atoms with Crippen molar-refractivity contribution in [3.63, 3.8) is 0 Å². The van der Waals surface area contributed by atoms with Gasteiger partial charge in [0.15, 0.2) is 0 Å². The number of hydrogen-bond acceptors (Lipinski definition) is 4. The van der Waals surface area contributed by atoms with Crippen LogP contribution in [0.4, 0.5) is 4.39 Å². The Bertz CT molecular complexity index is 881. The number of carboxylic acid groups (broad SMARTS) is 2. The summed E-state index contributed by atoms with van der Waals surface area (Å²) in [5, 5.41) is 19.3. The van der Waals surface area contributed by atoms with Crippen LogP contribution in [0.3, 0.4) is 0 Å². The number of hydrogen-bond donors (Lipinski definition) is 2. The highest BCUT2D eigenvalue weighted by Crippen LogP contribution is 2.43. The van der Waals surface area contributed by atoms with E-state index in [-0.39, 0.29) is 25.0 Å². The van der Waals surface area contributed by atoms with Crippen molar-refractivity contribution in [2.75, 3.05) is 6.61 Å². The molecule has 0 aromatic heterocycles. The van der Waals surface area contributed by atoms with Crippen LogP contribution in [0.15, 0.2) is 54.6 Å². The number of ether oxygens (including phenoxy) is 1. The van der Waals surface area contributed by atoms with Gasteiger partial charge in [-0.1, -0.05) is 55.3 Å². The van der Waals surface area contributed by atoms with Gasteiger partial charge in [0.2, 0.25) is 0 Å². The average Bonchev–Trinajstić information content (AvgIpc) is 2.74. The number of esters is 1. The third-order valence-corrected chi connectivity index (χ3v) is 5.34. The van der Waals surface area contributed by atoms with Gasteiger partial charge in [0.25, 0.3) is 0 Å². The zero-order valence-electron chi connectivity index (χ0n) is 17.4. The third-order valence-electron chi connectivity index (χ3n) is 5.34. The summed E-state index contributed by atoms with van der Waals surface area (Å²) in [6.45, 7) is 1.73. The molecule has 0 amide bonds. The van der Waals surface area contributed by atoms with E-state index in [1.54, 1.807) is 37.3 Å². The van der Waals surface area contributed by atoms with E-state index in [2.05, 4.69) is 0 Å². The molecule has 0 aliphatic rings. The zero-order valence-corrected chi connectivity index (χ0v) is 17.4. The van der Waals surface area contributed by atoms with Gasteiger partial charge in [0.05, 0.1) is 12.5 Å². The van der Waals surface area contributed by atoms with Crippen LogP contribution in [-0.4, -0.2) is 34.7 Å². The minimum absolute atomic E-state index is 0.00476. The first kappa shape index (κ1) is 24.1. The maximum Gasteiger partial charge on any atom is 0.319 e. The second-order valence-corrected chi connectivity index (χ2v) is 7.28. The van der Waals surface area contributed by atoms with Crippen LogP contribution in [0.1, 0.15) is 50.2 Å². The van der Waals surface area contributed by atoms with E-state index >= 15 is 0 Å². The molecular formula is C24H27FO6. The first-order valence-corrected chi connectivity index (χ1v) is 10.3. The SMILES string of the molecule is CCOC(=O)C(CCCCCC(=O)O)C(C(=O)O)(c1ccccc1)c1ccc(F)cc1. The lowest BCUT2D eigenvalue weighted by molar-refractivity contribution is -0.158. The van der Waals surface area contributed by atoms with E-state index in [4.69, 9.17) is 9.84 Å². The number of carboxylic acids is 2. The van der Waals surface area contributed by atoms with Gasteiger partial charge in [-0.15, -0.1) is 0 Å². The number of carbonyl (C=O) groups excluding carboxylic acids is 1. The molecule has 0 saturated carbocycles. The van der Waals surface area contributed by atoms with E-state index in [9.17, 15) is 23.9 Å². The number of benzene rings is 2. The second-order valence-electron chi connectivity index (χ2n) is 7.28. The van der Waals surface area contributed by atoms with Gasteiger partial charge < -0.3 is 14.9 Å². The van der Waals surface area contributed by atoms with Crippen molar-refractivity contribution >= 4 is 17.9 Å². The zero-order chi connectivity index (χ0) is 22.9. The Balaban J connectivity index is 2.56. The summed E-state index contributed by atoms with van der Waals surface area (Å²) >= 11 is 0.